The molecule has 0 saturated carbocycles. The van der Waals surface area contributed by atoms with Gasteiger partial charge < -0.3 is 20.5 Å². The highest BCUT2D eigenvalue weighted by Gasteiger charge is 2.22. The van der Waals surface area contributed by atoms with Gasteiger partial charge in [0.15, 0.2) is 0 Å². The first kappa shape index (κ1) is 21.3. The zero-order valence-electron chi connectivity index (χ0n) is 16.1. The van der Waals surface area contributed by atoms with Crippen LogP contribution in [-0.4, -0.2) is 40.9 Å². The highest BCUT2D eigenvalue weighted by molar-refractivity contribution is 9.10. The second-order valence-corrected chi connectivity index (χ2v) is 8.24. The summed E-state index contributed by atoms with van der Waals surface area (Å²) in [6, 6.07) is 10.8. The maximum absolute atomic E-state index is 12.2. The smallest absolute Gasteiger partial charge is 0.251 e. The number of aromatic nitrogens is 1. The minimum absolute atomic E-state index is 0.0157. The maximum atomic E-state index is 12.2. The lowest BCUT2D eigenvalue weighted by Crippen LogP contribution is -2.39. The van der Waals surface area contributed by atoms with Crippen LogP contribution in [-0.2, 0) is 22.6 Å². The Bertz CT molecular complexity index is 918. The number of nitrogens with one attached hydrogen (secondary N) is 1. The molecule has 1 aromatic carbocycles. The number of rotatable bonds is 7. The number of nitrogens with zero attached hydrogens (tertiary/aromatic N) is 2. The number of amides is 2. The van der Waals surface area contributed by atoms with E-state index in [1.807, 2.05) is 24.3 Å². The summed E-state index contributed by atoms with van der Waals surface area (Å²) in [5, 5.41) is 2.82. The molecule has 29 heavy (non-hydrogen) atoms. The third kappa shape index (κ3) is 6.27. The molecule has 1 aliphatic rings. The predicted molar refractivity (Wildman–Crippen MR) is 116 cm³/mol. The molecule has 0 radical (unpaired) electrons. The number of primary amides is 1. The summed E-state index contributed by atoms with van der Waals surface area (Å²) in [7, 11) is 0. The molecule has 2 aromatic rings. The van der Waals surface area contributed by atoms with E-state index in [2.05, 4.69) is 26.1 Å². The molecule has 0 unspecified atom stereocenters. The Labute approximate surface area is 178 Å². The van der Waals surface area contributed by atoms with Crippen LogP contribution in [0.2, 0.25) is 0 Å². The SMILES string of the molecule is NC(=O)C1CCN(CCc2ccc(NC(=O)Cn3cc(Br)ccc3=O)cc2)CC1. The van der Waals surface area contributed by atoms with Crippen LogP contribution in [0.1, 0.15) is 18.4 Å². The average Bonchev–Trinajstić information content (AvgIpc) is 2.70. The normalized spacial score (nSPS) is 15.2. The van der Waals surface area contributed by atoms with Gasteiger partial charge in [-0.3, -0.25) is 14.4 Å². The Morgan fingerprint density at radius 3 is 2.45 bits per heavy atom. The fraction of sp³-hybridized carbons (Fsp3) is 0.381. The number of anilines is 1. The molecule has 1 aromatic heterocycles. The average molecular weight is 461 g/mol. The van der Waals surface area contributed by atoms with E-state index in [-0.39, 0.29) is 29.8 Å². The number of hydrogen-bond donors (Lipinski definition) is 2. The molecule has 7 nitrogen and oxygen atoms in total. The molecule has 0 atom stereocenters. The summed E-state index contributed by atoms with van der Waals surface area (Å²) < 4.78 is 2.10. The van der Waals surface area contributed by atoms with Gasteiger partial charge in [0.05, 0.1) is 0 Å². The Morgan fingerprint density at radius 1 is 1.10 bits per heavy atom. The standard InChI is InChI=1S/C21H25BrN4O3/c22-17-3-6-20(28)26(13-17)14-19(27)24-18-4-1-15(2-5-18)7-10-25-11-8-16(9-12-25)21(23)29/h1-6,13,16H,7-12,14H2,(H2,23,29)(H,24,27). The third-order valence-electron chi connectivity index (χ3n) is 5.21. The first-order chi connectivity index (χ1) is 13.9. The van der Waals surface area contributed by atoms with Crippen LogP contribution in [0.15, 0.2) is 51.9 Å². The maximum Gasteiger partial charge on any atom is 0.251 e. The molecule has 0 spiro atoms. The predicted octanol–water partition coefficient (Wildman–Crippen LogP) is 1.99. The van der Waals surface area contributed by atoms with Crippen molar-refractivity contribution in [2.45, 2.75) is 25.8 Å². The van der Waals surface area contributed by atoms with Crippen molar-refractivity contribution in [2.75, 3.05) is 25.0 Å². The van der Waals surface area contributed by atoms with E-state index in [9.17, 15) is 14.4 Å². The number of benzene rings is 1. The molecule has 1 fully saturated rings. The summed E-state index contributed by atoms with van der Waals surface area (Å²) in [6.45, 7) is 2.69. The highest BCUT2D eigenvalue weighted by Crippen LogP contribution is 2.17. The van der Waals surface area contributed by atoms with Crippen LogP contribution in [0.5, 0.6) is 0 Å². The number of piperidine rings is 1. The van der Waals surface area contributed by atoms with Gasteiger partial charge in [0.25, 0.3) is 5.56 Å². The van der Waals surface area contributed by atoms with E-state index < -0.39 is 0 Å². The second-order valence-electron chi connectivity index (χ2n) is 7.33. The quantitative estimate of drug-likeness (QED) is 0.659. The second kappa shape index (κ2) is 9.84. The van der Waals surface area contributed by atoms with E-state index in [1.165, 1.54) is 16.2 Å². The summed E-state index contributed by atoms with van der Waals surface area (Å²) in [5.74, 6) is -0.427. The lowest BCUT2D eigenvalue weighted by atomic mass is 9.96. The summed E-state index contributed by atoms with van der Waals surface area (Å²) in [5.41, 5.74) is 7.04. The van der Waals surface area contributed by atoms with Gasteiger partial charge in [0.2, 0.25) is 11.8 Å². The van der Waals surface area contributed by atoms with Gasteiger partial charge in [0.1, 0.15) is 6.54 Å². The van der Waals surface area contributed by atoms with Crippen LogP contribution in [0.3, 0.4) is 0 Å². The molecule has 1 aliphatic heterocycles. The number of pyridine rings is 1. The van der Waals surface area contributed by atoms with E-state index in [1.54, 1.807) is 12.3 Å². The van der Waals surface area contributed by atoms with Crippen molar-refractivity contribution < 1.29 is 9.59 Å². The summed E-state index contributed by atoms with van der Waals surface area (Å²) >= 11 is 3.30. The van der Waals surface area contributed by atoms with Crippen molar-refractivity contribution in [1.29, 1.82) is 0 Å². The first-order valence-electron chi connectivity index (χ1n) is 9.67. The number of nitrogens with two attached hydrogens (primary N) is 1. The topological polar surface area (TPSA) is 97.4 Å². The van der Waals surface area contributed by atoms with E-state index in [4.69, 9.17) is 5.73 Å². The Morgan fingerprint density at radius 2 is 1.79 bits per heavy atom. The summed E-state index contributed by atoms with van der Waals surface area (Å²) in [4.78, 5) is 37.6. The van der Waals surface area contributed by atoms with Gasteiger partial charge in [-0.1, -0.05) is 12.1 Å². The Kier molecular flexibility index (Phi) is 7.22. The molecule has 8 heteroatoms. The lowest BCUT2D eigenvalue weighted by Gasteiger charge is -2.30. The Balaban J connectivity index is 1.46. The minimum atomic E-state index is -0.254. The number of carbonyl (C=O) groups is 2. The lowest BCUT2D eigenvalue weighted by molar-refractivity contribution is -0.123. The van der Waals surface area contributed by atoms with Gasteiger partial charge >= 0.3 is 0 Å². The summed E-state index contributed by atoms with van der Waals surface area (Å²) in [6.07, 6.45) is 4.17. The zero-order chi connectivity index (χ0) is 20.8. The molecular weight excluding hydrogens is 436 g/mol. The van der Waals surface area contributed by atoms with Crippen molar-refractivity contribution in [2.24, 2.45) is 11.7 Å². The molecule has 1 saturated heterocycles. The van der Waals surface area contributed by atoms with Crippen LogP contribution < -0.4 is 16.6 Å². The van der Waals surface area contributed by atoms with Gasteiger partial charge in [-0.15, -0.1) is 0 Å². The van der Waals surface area contributed by atoms with E-state index in [0.717, 1.165) is 43.4 Å². The van der Waals surface area contributed by atoms with Crippen LogP contribution >= 0.6 is 15.9 Å². The number of halogens is 1. The minimum Gasteiger partial charge on any atom is -0.369 e. The fourth-order valence-corrected chi connectivity index (χ4v) is 3.84. The van der Waals surface area contributed by atoms with Crippen molar-refractivity contribution in [1.82, 2.24) is 9.47 Å². The van der Waals surface area contributed by atoms with Crippen LogP contribution in [0, 0.1) is 5.92 Å². The zero-order valence-corrected chi connectivity index (χ0v) is 17.7. The monoisotopic (exact) mass is 460 g/mol. The largest absolute Gasteiger partial charge is 0.369 e. The van der Waals surface area contributed by atoms with Crippen molar-refractivity contribution in [3.05, 3.63) is 63.0 Å². The molecular formula is C21H25BrN4O3. The van der Waals surface area contributed by atoms with Crippen LogP contribution in [0.25, 0.3) is 0 Å². The first-order valence-corrected chi connectivity index (χ1v) is 10.5. The molecule has 0 aliphatic carbocycles. The number of likely N-dealkylation sites (tertiary alicyclic amines) is 1. The van der Waals surface area contributed by atoms with E-state index in [0.29, 0.717) is 5.69 Å². The third-order valence-corrected chi connectivity index (χ3v) is 5.67. The van der Waals surface area contributed by atoms with Gasteiger partial charge in [-0.2, -0.15) is 0 Å². The molecule has 0 bridgehead atoms. The number of carbonyl (C=O) groups excluding carboxylic acids is 2. The molecule has 3 N–H and O–H groups in total. The van der Waals surface area contributed by atoms with Gasteiger partial charge in [0, 0.05) is 34.9 Å². The molecule has 2 heterocycles. The van der Waals surface area contributed by atoms with Gasteiger partial charge in [-0.05, 0) is 72.0 Å². The Hall–Kier alpha value is -2.45. The molecule has 154 valence electrons. The van der Waals surface area contributed by atoms with Crippen molar-refractivity contribution >= 4 is 33.4 Å². The highest BCUT2D eigenvalue weighted by atomic mass is 79.9. The van der Waals surface area contributed by atoms with Crippen molar-refractivity contribution in [3.63, 3.8) is 0 Å². The van der Waals surface area contributed by atoms with Crippen LogP contribution in [0.4, 0.5) is 5.69 Å². The number of hydrogen-bond acceptors (Lipinski definition) is 4. The molecule has 3 rings (SSSR count). The van der Waals surface area contributed by atoms with Crippen molar-refractivity contribution in [3.8, 4) is 0 Å². The fourth-order valence-electron chi connectivity index (χ4n) is 3.46. The van der Waals surface area contributed by atoms with Gasteiger partial charge in [-0.25, -0.2) is 0 Å². The molecule has 2 amide bonds. The van der Waals surface area contributed by atoms with E-state index >= 15 is 0 Å².